The monoisotopic (exact) mass is 279 g/mol. The minimum absolute atomic E-state index is 0.576. The fourth-order valence-electron chi connectivity index (χ4n) is 2.02. The van der Waals surface area contributed by atoms with Crippen molar-refractivity contribution >= 4 is 0 Å². The molecule has 0 bridgehead atoms. The van der Waals surface area contributed by atoms with Gasteiger partial charge in [-0.2, -0.15) is 0 Å². The Morgan fingerprint density at radius 1 is 1.05 bits per heavy atom. The molecule has 1 aromatic rings. The first-order chi connectivity index (χ1) is 9.71. The van der Waals surface area contributed by atoms with Crippen LogP contribution in [0, 0.1) is 0 Å². The van der Waals surface area contributed by atoms with Gasteiger partial charge in [0, 0.05) is 18.3 Å². The molecule has 116 valence electrons. The Labute approximate surface area is 125 Å². The van der Waals surface area contributed by atoms with Crippen LogP contribution >= 0.6 is 0 Å². The smallest absolute Gasteiger partial charge is 0.131 e. The van der Waals surface area contributed by atoms with Crippen molar-refractivity contribution in [3.8, 4) is 0 Å². The third-order valence-corrected chi connectivity index (χ3v) is 3.22. The zero-order valence-corrected chi connectivity index (χ0v) is 14.3. The molecule has 0 saturated carbocycles. The Hall–Kier alpha value is -0.960. The lowest BCUT2D eigenvalue weighted by atomic mass is 9.96. The van der Waals surface area contributed by atoms with Crippen molar-refractivity contribution in [2.45, 2.75) is 66.2 Å². The summed E-state index contributed by atoms with van der Waals surface area (Å²) in [7, 11) is 2.18. The second-order valence-corrected chi connectivity index (χ2v) is 5.09. The van der Waals surface area contributed by atoms with Crippen LogP contribution in [0.1, 0.15) is 71.2 Å². The van der Waals surface area contributed by atoms with Gasteiger partial charge in [-0.05, 0) is 45.0 Å². The summed E-state index contributed by atoms with van der Waals surface area (Å²) in [5.41, 5.74) is 1.23. The van der Waals surface area contributed by atoms with Crippen LogP contribution in [0.5, 0.6) is 0 Å². The number of aromatic nitrogens is 2. The van der Waals surface area contributed by atoms with Crippen molar-refractivity contribution < 1.29 is 0 Å². The number of piperidine rings is 1. The first-order valence-corrected chi connectivity index (χ1v) is 8.20. The highest BCUT2D eigenvalue weighted by Crippen LogP contribution is 2.24. The van der Waals surface area contributed by atoms with Gasteiger partial charge in [-0.25, -0.2) is 9.97 Å². The molecular formula is C17H33N3. The lowest BCUT2D eigenvalue weighted by Crippen LogP contribution is -2.29. The third kappa shape index (κ3) is 6.99. The summed E-state index contributed by atoms with van der Waals surface area (Å²) < 4.78 is 0. The van der Waals surface area contributed by atoms with Crippen LogP contribution in [0.4, 0.5) is 0 Å². The molecule has 1 aliphatic rings. The van der Waals surface area contributed by atoms with Crippen LogP contribution in [0.3, 0.4) is 0 Å². The van der Waals surface area contributed by atoms with Crippen molar-refractivity contribution in [2.75, 3.05) is 20.1 Å². The molecule has 3 nitrogen and oxygen atoms in total. The van der Waals surface area contributed by atoms with Crippen LogP contribution in [0.2, 0.25) is 0 Å². The van der Waals surface area contributed by atoms with Gasteiger partial charge in [0.15, 0.2) is 0 Å². The molecule has 2 heterocycles. The van der Waals surface area contributed by atoms with Crippen LogP contribution < -0.4 is 0 Å². The first-order valence-electron chi connectivity index (χ1n) is 8.20. The summed E-state index contributed by atoms with van der Waals surface area (Å²) >= 11 is 0. The summed E-state index contributed by atoms with van der Waals surface area (Å²) in [6.45, 7) is 12.7. The van der Waals surface area contributed by atoms with E-state index in [1.807, 2.05) is 26.2 Å². The Morgan fingerprint density at radius 2 is 1.50 bits per heavy atom. The van der Waals surface area contributed by atoms with Crippen LogP contribution in [-0.2, 0) is 6.42 Å². The second-order valence-electron chi connectivity index (χ2n) is 5.09. The quantitative estimate of drug-likeness (QED) is 0.808. The van der Waals surface area contributed by atoms with E-state index in [1.54, 1.807) is 0 Å². The van der Waals surface area contributed by atoms with Crippen molar-refractivity contribution in [3.05, 3.63) is 23.8 Å². The van der Waals surface area contributed by atoms with E-state index in [1.165, 1.54) is 37.9 Å². The molecule has 1 saturated heterocycles. The topological polar surface area (TPSA) is 29.0 Å². The molecule has 2 rings (SSSR count). The molecule has 0 spiro atoms. The zero-order valence-electron chi connectivity index (χ0n) is 14.3. The fourth-order valence-corrected chi connectivity index (χ4v) is 2.02. The molecule has 0 atom stereocenters. The Balaban J connectivity index is 0.000000641. The maximum absolute atomic E-state index is 4.47. The lowest BCUT2D eigenvalue weighted by molar-refractivity contribution is 0.251. The van der Waals surface area contributed by atoms with Crippen molar-refractivity contribution in [2.24, 2.45) is 0 Å². The number of rotatable bonds is 2. The molecule has 0 amide bonds. The van der Waals surface area contributed by atoms with Crippen molar-refractivity contribution in [1.82, 2.24) is 14.9 Å². The molecule has 0 aromatic carbocycles. The predicted molar refractivity (Wildman–Crippen MR) is 88.2 cm³/mol. The average molecular weight is 279 g/mol. The molecule has 0 unspecified atom stereocenters. The number of hydrogen-bond donors (Lipinski definition) is 0. The van der Waals surface area contributed by atoms with Gasteiger partial charge in [-0.3, -0.25) is 0 Å². The summed E-state index contributed by atoms with van der Waals surface area (Å²) in [4.78, 5) is 11.3. The molecule has 0 aliphatic carbocycles. The summed E-state index contributed by atoms with van der Waals surface area (Å²) in [5, 5.41) is 0. The van der Waals surface area contributed by atoms with E-state index in [4.69, 9.17) is 0 Å². The van der Waals surface area contributed by atoms with E-state index in [2.05, 4.69) is 42.7 Å². The van der Waals surface area contributed by atoms with Crippen molar-refractivity contribution in [1.29, 1.82) is 0 Å². The van der Waals surface area contributed by atoms with E-state index in [0.29, 0.717) is 5.92 Å². The maximum Gasteiger partial charge on any atom is 0.131 e. The van der Waals surface area contributed by atoms with E-state index in [9.17, 15) is 0 Å². The third-order valence-electron chi connectivity index (χ3n) is 3.22. The normalized spacial score (nSPS) is 15.7. The van der Waals surface area contributed by atoms with Gasteiger partial charge in [-0.1, -0.05) is 41.0 Å². The van der Waals surface area contributed by atoms with Gasteiger partial charge in [0.2, 0.25) is 0 Å². The van der Waals surface area contributed by atoms with Gasteiger partial charge < -0.3 is 4.90 Å². The second kappa shape index (κ2) is 11.8. The molecule has 1 fully saturated rings. The van der Waals surface area contributed by atoms with Crippen molar-refractivity contribution in [3.63, 3.8) is 0 Å². The summed E-state index contributed by atoms with van der Waals surface area (Å²) in [5.74, 6) is 1.62. The minimum atomic E-state index is 0.576. The lowest BCUT2D eigenvalue weighted by Gasteiger charge is -2.27. The molecule has 0 radical (unpaired) electrons. The predicted octanol–water partition coefficient (Wildman–Crippen LogP) is 4.29. The summed E-state index contributed by atoms with van der Waals surface area (Å²) in [6.07, 6.45) is 8.61. The molecule has 1 aromatic heterocycles. The van der Waals surface area contributed by atoms with E-state index in [0.717, 1.165) is 12.2 Å². The number of likely N-dealkylation sites (tertiary alicyclic amines) is 1. The Bertz CT molecular complexity index is 314. The maximum atomic E-state index is 4.47. The highest BCUT2D eigenvalue weighted by molar-refractivity contribution is 5.07. The van der Waals surface area contributed by atoms with Gasteiger partial charge in [-0.15, -0.1) is 0 Å². The van der Waals surface area contributed by atoms with Gasteiger partial charge in [0.25, 0.3) is 0 Å². The highest BCUT2D eigenvalue weighted by Gasteiger charge is 2.20. The number of aryl methyl sites for hydroxylation is 1. The molecule has 20 heavy (non-hydrogen) atoms. The van der Waals surface area contributed by atoms with Crippen LogP contribution in [-0.4, -0.2) is 35.0 Å². The van der Waals surface area contributed by atoms with Crippen LogP contribution in [0.25, 0.3) is 0 Å². The fraction of sp³-hybridized carbons (Fsp3) is 0.765. The van der Waals surface area contributed by atoms with Crippen LogP contribution in [0.15, 0.2) is 12.4 Å². The number of hydrogen-bond acceptors (Lipinski definition) is 3. The van der Waals surface area contributed by atoms with E-state index < -0.39 is 0 Å². The Morgan fingerprint density at radius 3 is 1.90 bits per heavy atom. The van der Waals surface area contributed by atoms with Gasteiger partial charge in [0.1, 0.15) is 5.82 Å². The standard InChI is InChI=1S/C12H19N3.C3H8.C2H6/c1-3-10-8-13-12(14-9-10)11-4-6-15(2)7-5-11;1-3-2;1-2/h8-9,11H,3-7H2,1-2H3;3H2,1-2H3;1-2H3. The molecule has 1 aliphatic heterocycles. The average Bonchev–Trinajstić information content (AvgIpc) is 2.51. The molecule has 3 heteroatoms. The van der Waals surface area contributed by atoms with E-state index >= 15 is 0 Å². The first kappa shape index (κ1) is 19.0. The molecule has 0 N–H and O–H groups in total. The largest absolute Gasteiger partial charge is 0.306 e. The van der Waals surface area contributed by atoms with Gasteiger partial charge in [0.05, 0.1) is 0 Å². The SMILES string of the molecule is CC.CCC.CCc1cnc(C2CCN(C)CC2)nc1. The zero-order chi connectivity index (χ0) is 15.4. The highest BCUT2D eigenvalue weighted by atomic mass is 15.1. The number of nitrogens with zero attached hydrogens (tertiary/aromatic N) is 3. The summed E-state index contributed by atoms with van der Waals surface area (Å²) in [6, 6.07) is 0. The molecular weight excluding hydrogens is 246 g/mol. The minimum Gasteiger partial charge on any atom is -0.306 e. The van der Waals surface area contributed by atoms with Gasteiger partial charge >= 0.3 is 0 Å². The Kier molecular flexibility index (Phi) is 11.3. The van der Waals surface area contributed by atoms with E-state index in [-0.39, 0.29) is 0 Å².